The van der Waals surface area contributed by atoms with Crippen LogP contribution in [0.1, 0.15) is 0 Å². The number of hydrogen-bond acceptors (Lipinski definition) is 4. The fourth-order valence-electron chi connectivity index (χ4n) is 1.43. The average Bonchev–Trinajstić information content (AvgIpc) is 2.18. The summed E-state index contributed by atoms with van der Waals surface area (Å²) in [6.45, 7) is 0.653. The Balaban J connectivity index is 2.14. The topological polar surface area (TPSA) is 44.4 Å². The van der Waals surface area contributed by atoms with E-state index in [1.54, 1.807) is 0 Å². The lowest BCUT2D eigenvalue weighted by atomic mass is 10.1. The molecule has 0 aromatic carbocycles. The summed E-state index contributed by atoms with van der Waals surface area (Å²) in [5, 5.41) is 6.38. The summed E-state index contributed by atoms with van der Waals surface area (Å²) in [5.74, 6) is 0. The summed E-state index contributed by atoms with van der Waals surface area (Å²) in [7, 11) is 0. The molecule has 0 aliphatic carbocycles. The molecule has 0 bridgehead atoms. The Morgan fingerprint density at radius 1 is 1.69 bits per heavy atom. The number of halogens is 1. The molecule has 0 spiro atoms. The molecular formula is C8H10BrN3O. The number of carbonyl (C=O) groups is 1. The molecule has 2 unspecified atom stereocenters. The monoisotopic (exact) mass is 243 g/mol. The van der Waals surface area contributed by atoms with Crippen molar-refractivity contribution in [3.8, 4) is 0 Å². The lowest BCUT2D eigenvalue weighted by molar-refractivity contribution is -0.110. The summed E-state index contributed by atoms with van der Waals surface area (Å²) < 4.78 is 1.85. The zero-order chi connectivity index (χ0) is 9.26. The molecule has 4 nitrogen and oxygen atoms in total. The SMILES string of the molecule is O=CC1CNC2=CC=CN(Br)C2N1. The first-order valence-corrected chi connectivity index (χ1v) is 4.80. The van der Waals surface area contributed by atoms with E-state index in [9.17, 15) is 4.79 Å². The third kappa shape index (κ3) is 1.62. The summed E-state index contributed by atoms with van der Waals surface area (Å²) in [6.07, 6.45) is 6.79. The smallest absolute Gasteiger partial charge is 0.138 e. The van der Waals surface area contributed by atoms with Gasteiger partial charge in [-0.2, -0.15) is 0 Å². The first kappa shape index (κ1) is 8.77. The van der Waals surface area contributed by atoms with E-state index in [0.717, 1.165) is 12.0 Å². The minimum Gasteiger partial charge on any atom is -0.384 e. The summed E-state index contributed by atoms with van der Waals surface area (Å²) >= 11 is 3.37. The number of aldehydes is 1. The van der Waals surface area contributed by atoms with Gasteiger partial charge in [0.05, 0.1) is 22.2 Å². The van der Waals surface area contributed by atoms with Crippen molar-refractivity contribution in [2.45, 2.75) is 12.2 Å². The zero-order valence-corrected chi connectivity index (χ0v) is 8.49. The van der Waals surface area contributed by atoms with Gasteiger partial charge in [0.1, 0.15) is 12.5 Å². The third-order valence-electron chi connectivity index (χ3n) is 2.11. The maximum atomic E-state index is 10.6. The maximum absolute atomic E-state index is 10.6. The number of fused-ring (bicyclic) bond motifs is 1. The molecule has 2 atom stereocenters. The highest BCUT2D eigenvalue weighted by molar-refractivity contribution is 9.07. The molecule has 2 heterocycles. The standard InChI is InChI=1S/C8H10BrN3O/c9-12-3-1-2-7-8(12)11-6(5-13)4-10-7/h1-3,5-6,8,10-11H,4H2. The normalized spacial score (nSPS) is 31.8. The van der Waals surface area contributed by atoms with E-state index in [1.807, 2.05) is 22.3 Å². The highest BCUT2D eigenvalue weighted by atomic mass is 79.9. The van der Waals surface area contributed by atoms with Crippen LogP contribution >= 0.6 is 16.1 Å². The highest BCUT2D eigenvalue weighted by Gasteiger charge is 2.28. The second-order valence-electron chi connectivity index (χ2n) is 3.00. The van der Waals surface area contributed by atoms with Crippen LogP contribution in [0.3, 0.4) is 0 Å². The van der Waals surface area contributed by atoms with Crippen molar-refractivity contribution in [2.24, 2.45) is 0 Å². The summed E-state index contributed by atoms with van der Waals surface area (Å²) in [5.41, 5.74) is 1.08. The van der Waals surface area contributed by atoms with Gasteiger partial charge in [-0.1, -0.05) is 0 Å². The van der Waals surface area contributed by atoms with Gasteiger partial charge in [-0.15, -0.1) is 0 Å². The molecule has 0 aromatic heterocycles. The van der Waals surface area contributed by atoms with Crippen LogP contribution in [0, 0.1) is 0 Å². The summed E-state index contributed by atoms with van der Waals surface area (Å²) in [4.78, 5) is 10.6. The van der Waals surface area contributed by atoms with Crippen LogP contribution < -0.4 is 10.6 Å². The third-order valence-corrected chi connectivity index (χ3v) is 2.75. The molecule has 70 valence electrons. The molecule has 1 saturated heterocycles. The second kappa shape index (κ2) is 3.51. The van der Waals surface area contributed by atoms with Crippen molar-refractivity contribution < 1.29 is 4.79 Å². The average molecular weight is 244 g/mol. The molecule has 0 saturated carbocycles. The number of hydrogen-bond donors (Lipinski definition) is 2. The molecular weight excluding hydrogens is 234 g/mol. The van der Waals surface area contributed by atoms with Crippen LogP contribution in [0.2, 0.25) is 0 Å². The molecule has 0 aromatic rings. The molecule has 0 radical (unpaired) electrons. The van der Waals surface area contributed by atoms with Gasteiger partial charge in [0.25, 0.3) is 0 Å². The van der Waals surface area contributed by atoms with E-state index < -0.39 is 0 Å². The van der Waals surface area contributed by atoms with E-state index in [0.29, 0.717) is 6.54 Å². The molecule has 2 N–H and O–H groups in total. The molecule has 5 heteroatoms. The van der Waals surface area contributed by atoms with Crippen LogP contribution in [-0.4, -0.2) is 29.0 Å². The van der Waals surface area contributed by atoms with Crippen molar-refractivity contribution in [3.05, 3.63) is 24.0 Å². The summed E-state index contributed by atoms with van der Waals surface area (Å²) in [6, 6.07) is -0.117. The maximum Gasteiger partial charge on any atom is 0.138 e. The van der Waals surface area contributed by atoms with Crippen LogP contribution in [-0.2, 0) is 4.79 Å². The Labute approximate surface area is 85.0 Å². The van der Waals surface area contributed by atoms with Gasteiger partial charge in [-0.25, -0.2) is 0 Å². The largest absolute Gasteiger partial charge is 0.384 e. The Bertz CT molecular complexity index is 277. The predicted octanol–water partition coefficient (Wildman–Crippen LogP) is 0.0959. The lowest BCUT2D eigenvalue weighted by Gasteiger charge is -2.37. The second-order valence-corrected chi connectivity index (χ2v) is 3.82. The number of carbonyl (C=O) groups excluding carboxylic acids is 1. The van der Waals surface area contributed by atoms with Gasteiger partial charge >= 0.3 is 0 Å². The van der Waals surface area contributed by atoms with Crippen LogP contribution in [0.25, 0.3) is 0 Å². The Morgan fingerprint density at radius 2 is 2.54 bits per heavy atom. The van der Waals surface area contributed by atoms with E-state index in [-0.39, 0.29) is 12.2 Å². The van der Waals surface area contributed by atoms with Crippen molar-refractivity contribution in [3.63, 3.8) is 0 Å². The molecule has 2 aliphatic rings. The molecule has 2 rings (SSSR count). The lowest BCUT2D eigenvalue weighted by Crippen LogP contribution is -2.58. The van der Waals surface area contributed by atoms with E-state index >= 15 is 0 Å². The van der Waals surface area contributed by atoms with Gasteiger partial charge in [0.2, 0.25) is 0 Å². The minimum absolute atomic E-state index is 0.0361. The number of allylic oxidation sites excluding steroid dienone is 2. The zero-order valence-electron chi connectivity index (χ0n) is 6.90. The quantitative estimate of drug-likeness (QED) is 0.507. The van der Waals surface area contributed by atoms with Crippen LogP contribution in [0.5, 0.6) is 0 Å². The fourth-order valence-corrected chi connectivity index (χ4v) is 1.91. The predicted molar refractivity (Wildman–Crippen MR) is 52.8 cm³/mol. The van der Waals surface area contributed by atoms with Gasteiger partial charge in [-0.05, 0) is 12.2 Å². The number of rotatable bonds is 1. The number of nitrogens with zero attached hydrogens (tertiary/aromatic N) is 1. The van der Waals surface area contributed by atoms with E-state index in [2.05, 4.69) is 26.8 Å². The Morgan fingerprint density at radius 3 is 3.31 bits per heavy atom. The van der Waals surface area contributed by atoms with Gasteiger partial charge in [-0.3, -0.25) is 9.24 Å². The van der Waals surface area contributed by atoms with Crippen LogP contribution in [0.4, 0.5) is 0 Å². The molecule has 1 fully saturated rings. The minimum atomic E-state index is -0.117. The Kier molecular flexibility index (Phi) is 2.37. The molecule has 2 aliphatic heterocycles. The molecule has 13 heavy (non-hydrogen) atoms. The van der Waals surface area contributed by atoms with Gasteiger partial charge in [0.15, 0.2) is 0 Å². The van der Waals surface area contributed by atoms with Crippen molar-refractivity contribution in [2.75, 3.05) is 6.54 Å². The molecule has 0 amide bonds. The van der Waals surface area contributed by atoms with Crippen LogP contribution in [0.15, 0.2) is 24.0 Å². The fraction of sp³-hybridized carbons (Fsp3) is 0.375. The van der Waals surface area contributed by atoms with Gasteiger partial charge in [0, 0.05) is 18.4 Å². The van der Waals surface area contributed by atoms with Crippen molar-refractivity contribution in [1.29, 1.82) is 0 Å². The van der Waals surface area contributed by atoms with Gasteiger partial charge < -0.3 is 10.1 Å². The number of piperazine rings is 1. The highest BCUT2D eigenvalue weighted by Crippen LogP contribution is 2.18. The van der Waals surface area contributed by atoms with E-state index in [4.69, 9.17) is 0 Å². The van der Waals surface area contributed by atoms with Crippen molar-refractivity contribution in [1.82, 2.24) is 14.6 Å². The number of nitrogens with one attached hydrogen (secondary N) is 2. The Hall–Kier alpha value is -0.810. The first-order valence-electron chi connectivity index (χ1n) is 4.09. The van der Waals surface area contributed by atoms with Crippen molar-refractivity contribution >= 4 is 22.4 Å². The van der Waals surface area contributed by atoms with E-state index in [1.165, 1.54) is 0 Å². The first-order chi connectivity index (χ1) is 6.31.